The van der Waals surface area contributed by atoms with Crippen molar-refractivity contribution in [1.29, 1.82) is 0 Å². The number of carbonyl (C=O) groups is 2. The van der Waals surface area contributed by atoms with Crippen LogP contribution in [0, 0.1) is 5.92 Å². The normalized spacial score (nSPS) is 19.8. The van der Waals surface area contributed by atoms with Gasteiger partial charge in [-0.2, -0.15) is 0 Å². The second-order valence-electron chi connectivity index (χ2n) is 6.43. The van der Waals surface area contributed by atoms with E-state index in [2.05, 4.69) is 0 Å². The molecule has 0 saturated carbocycles. The maximum absolute atomic E-state index is 12.5. The van der Waals surface area contributed by atoms with Crippen molar-refractivity contribution in [3.63, 3.8) is 0 Å². The average molecular weight is 352 g/mol. The number of piperidine rings is 1. The van der Waals surface area contributed by atoms with Crippen LogP contribution in [0.15, 0.2) is 24.3 Å². The minimum absolute atomic E-state index is 0.00352. The maximum atomic E-state index is 12.5. The van der Waals surface area contributed by atoms with Crippen molar-refractivity contribution >= 4 is 23.4 Å². The number of benzene rings is 1. The smallest absolute Gasteiger partial charge is 0.231 e. The predicted octanol–water partition coefficient (Wildman–Crippen LogP) is 1.13. The number of rotatable bonds is 5. The molecule has 130 valence electrons. The van der Waals surface area contributed by atoms with Gasteiger partial charge in [0.05, 0.1) is 24.7 Å². The van der Waals surface area contributed by atoms with Crippen molar-refractivity contribution in [3.05, 3.63) is 29.3 Å². The van der Waals surface area contributed by atoms with Gasteiger partial charge in [0.25, 0.3) is 0 Å². The summed E-state index contributed by atoms with van der Waals surface area (Å²) in [6, 6.07) is 7.36. The highest BCUT2D eigenvalue weighted by Crippen LogP contribution is 2.28. The fourth-order valence-corrected chi connectivity index (χ4v) is 3.41. The quantitative estimate of drug-likeness (QED) is 0.862. The van der Waals surface area contributed by atoms with E-state index in [1.54, 1.807) is 6.07 Å². The van der Waals surface area contributed by atoms with Gasteiger partial charge in [-0.3, -0.25) is 14.5 Å². The standard InChI is InChI=1S/C17H22ClN3O3/c18-14-3-1-2-4-15(14)24-13-9-21(10-13)17(23)12-5-7-20(8-6-12)11-16(19)22/h1-4,12-13H,5-11H2,(H2,19,22). The Kier molecular flexibility index (Phi) is 5.26. The van der Waals surface area contributed by atoms with E-state index in [0.717, 1.165) is 25.9 Å². The number of halogens is 1. The van der Waals surface area contributed by atoms with Gasteiger partial charge in [0.15, 0.2) is 0 Å². The molecule has 2 aliphatic rings. The van der Waals surface area contributed by atoms with Crippen molar-refractivity contribution in [2.45, 2.75) is 18.9 Å². The molecule has 0 bridgehead atoms. The van der Waals surface area contributed by atoms with Crippen LogP contribution in [0.4, 0.5) is 0 Å². The van der Waals surface area contributed by atoms with E-state index in [9.17, 15) is 9.59 Å². The second-order valence-corrected chi connectivity index (χ2v) is 6.84. The first-order valence-electron chi connectivity index (χ1n) is 8.23. The summed E-state index contributed by atoms with van der Waals surface area (Å²) in [4.78, 5) is 27.3. The molecule has 0 radical (unpaired) electrons. The molecule has 0 aliphatic carbocycles. The lowest BCUT2D eigenvalue weighted by atomic mass is 9.93. The molecule has 7 heteroatoms. The van der Waals surface area contributed by atoms with Gasteiger partial charge in [-0.1, -0.05) is 23.7 Å². The molecule has 2 fully saturated rings. The van der Waals surface area contributed by atoms with E-state index >= 15 is 0 Å². The number of nitrogens with two attached hydrogens (primary N) is 1. The van der Waals surface area contributed by atoms with Gasteiger partial charge in [0, 0.05) is 5.92 Å². The van der Waals surface area contributed by atoms with Crippen molar-refractivity contribution in [2.75, 3.05) is 32.7 Å². The van der Waals surface area contributed by atoms with E-state index in [1.165, 1.54) is 0 Å². The first-order valence-corrected chi connectivity index (χ1v) is 8.61. The highest BCUT2D eigenvalue weighted by Gasteiger charge is 2.37. The molecule has 0 spiro atoms. The predicted molar refractivity (Wildman–Crippen MR) is 90.8 cm³/mol. The molecule has 2 N–H and O–H groups in total. The Morgan fingerprint density at radius 1 is 1.21 bits per heavy atom. The Bertz CT molecular complexity index is 611. The van der Waals surface area contributed by atoms with Crippen LogP contribution in [0.3, 0.4) is 0 Å². The van der Waals surface area contributed by atoms with Crippen LogP contribution >= 0.6 is 11.6 Å². The van der Waals surface area contributed by atoms with E-state index in [0.29, 0.717) is 23.9 Å². The zero-order valence-corrected chi connectivity index (χ0v) is 14.2. The average Bonchev–Trinajstić information content (AvgIpc) is 2.51. The van der Waals surface area contributed by atoms with Crippen molar-refractivity contribution in [3.8, 4) is 5.75 Å². The third-order valence-electron chi connectivity index (χ3n) is 4.61. The van der Waals surface area contributed by atoms with Gasteiger partial charge in [-0.15, -0.1) is 0 Å². The molecule has 0 unspecified atom stereocenters. The maximum Gasteiger partial charge on any atom is 0.231 e. The van der Waals surface area contributed by atoms with Crippen LogP contribution in [0.1, 0.15) is 12.8 Å². The van der Waals surface area contributed by atoms with Gasteiger partial charge in [-0.25, -0.2) is 0 Å². The van der Waals surface area contributed by atoms with E-state index in [1.807, 2.05) is 28.0 Å². The van der Waals surface area contributed by atoms with Gasteiger partial charge < -0.3 is 15.4 Å². The SMILES string of the molecule is NC(=O)CN1CCC(C(=O)N2CC(Oc3ccccc3Cl)C2)CC1. The summed E-state index contributed by atoms with van der Waals surface area (Å²) in [5, 5.41) is 0.587. The molecule has 6 nitrogen and oxygen atoms in total. The molecule has 3 rings (SSSR count). The van der Waals surface area contributed by atoms with Crippen LogP contribution in [0.5, 0.6) is 5.75 Å². The number of hydrogen-bond donors (Lipinski definition) is 1. The van der Waals surface area contributed by atoms with Crippen LogP contribution in [-0.4, -0.2) is 60.4 Å². The number of likely N-dealkylation sites (tertiary alicyclic amines) is 2. The fraction of sp³-hybridized carbons (Fsp3) is 0.529. The van der Waals surface area contributed by atoms with Gasteiger partial charge >= 0.3 is 0 Å². The minimum atomic E-state index is -0.318. The molecule has 1 aromatic carbocycles. The van der Waals surface area contributed by atoms with Crippen molar-refractivity contribution in [1.82, 2.24) is 9.80 Å². The zero-order valence-electron chi connectivity index (χ0n) is 13.5. The summed E-state index contributed by atoms with van der Waals surface area (Å²) in [7, 11) is 0. The number of nitrogens with zero attached hydrogens (tertiary/aromatic N) is 2. The molecule has 24 heavy (non-hydrogen) atoms. The lowest BCUT2D eigenvalue weighted by Gasteiger charge is -2.42. The summed E-state index contributed by atoms with van der Waals surface area (Å²) >= 11 is 6.08. The number of amides is 2. The summed E-state index contributed by atoms with van der Waals surface area (Å²) in [5.74, 6) is 0.571. The molecular formula is C17H22ClN3O3. The van der Waals surface area contributed by atoms with E-state index < -0.39 is 0 Å². The van der Waals surface area contributed by atoms with E-state index in [-0.39, 0.29) is 30.4 Å². The van der Waals surface area contributed by atoms with Crippen molar-refractivity contribution in [2.24, 2.45) is 11.7 Å². The third-order valence-corrected chi connectivity index (χ3v) is 4.92. The zero-order chi connectivity index (χ0) is 17.1. The van der Waals surface area contributed by atoms with Crippen molar-refractivity contribution < 1.29 is 14.3 Å². The Morgan fingerprint density at radius 2 is 1.88 bits per heavy atom. The largest absolute Gasteiger partial charge is 0.485 e. The highest BCUT2D eigenvalue weighted by atomic mass is 35.5. The minimum Gasteiger partial charge on any atom is -0.485 e. The van der Waals surface area contributed by atoms with Crippen LogP contribution in [-0.2, 0) is 9.59 Å². The Morgan fingerprint density at radius 3 is 2.50 bits per heavy atom. The Balaban J connectivity index is 1.42. The van der Waals surface area contributed by atoms with Crippen LogP contribution < -0.4 is 10.5 Å². The van der Waals surface area contributed by atoms with Gasteiger partial charge in [0.2, 0.25) is 11.8 Å². The topological polar surface area (TPSA) is 75.9 Å². The summed E-state index contributed by atoms with van der Waals surface area (Å²) in [5.41, 5.74) is 5.21. The molecule has 2 heterocycles. The summed E-state index contributed by atoms with van der Waals surface area (Å²) in [6.07, 6.45) is 1.56. The lowest BCUT2D eigenvalue weighted by Crippen LogP contribution is -2.58. The Labute approximate surface area is 146 Å². The van der Waals surface area contributed by atoms with Crippen LogP contribution in [0.25, 0.3) is 0 Å². The van der Waals surface area contributed by atoms with Gasteiger partial charge in [0.1, 0.15) is 11.9 Å². The molecule has 2 saturated heterocycles. The third kappa shape index (κ3) is 3.99. The first kappa shape index (κ1) is 17.0. The Hall–Kier alpha value is -1.79. The fourth-order valence-electron chi connectivity index (χ4n) is 3.23. The number of carbonyl (C=O) groups excluding carboxylic acids is 2. The van der Waals surface area contributed by atoms with E-state index in [4.69, 9.17) is 22.1 Å². The number of primary amides is 1. The highest BCUT2D eigenvalue weighted by molar-refractivity contribution is 6.32. The first-order chi connectivity index (χ1) is 11.5. The molecule has 1 aromatic rings. The second kappa shape index (κ2) is 7.40. The lowest BCUT2D eigenvalue weighted by molar-refractivity contribution is -0.146. The molecule has 0 atom stereocenters. The molecule has 2 aliphatic heterocycles. The number of hydrogen-bond acceptors (Lipinski definition) is 4. The monoisotopic (exact) mass is 351 g/mol. The van der Waals surface area contributed by atoms with Gasteiger partial charge in [-0.05, 0) is 38.1 Å². The molecular weight excluding hydrogens is 330 g/mol. The molecule has 0 aromatic heterocycles. The van der Waals surface area contributed by atoms with Crippen LogP contribution in [0.2, 0.25) is 5.02 Å². The number of ether oxygens (including phenoxy) is 1. The number of para-hydroxylation sites is 1. The molecule has 2 amide bonds. The summed E-state index contributed by atoms with van der Waals surface area (Å²) < 4.78 is 5.82. The summed E-state index contributed by atoms with van der Waals surface area (Å²) in [6.45, 7) is 2.97.